The molecule has 0 aliphatic heterocycles. The number of likely N-dealkylation sites (N-methyl/N-ethyl adjacent to an activating group) is 1. The molecule has 6 nitrogen and oxygen atoms in total. The first-order chi connectivity index (χ1) is 11.2. The van der Waals surface area contributed by atoms with Crippen LogP contribution in [0.15, 0.2) is 24.3 Å². The van der Waals surface area contributed by atoms with E-state index < -0.39 is 31.3 Å². The molecule has 24 heavy (non-hydrogen) atoms. The molecule has 1 aromatic rings. The maximum absolute atomic E-state index is 12.2. The highest BCUT2D eigenvalue weighted by molar-refractivity contribution is 5.78. The Morgan fingerprint density at radius 3 is 2.25 bits per heavy atom. The molecule has 0 saturated heterocycles. The van der Waals surface area contributed by atoms with Gasteiger partial charge in [0, 0.05) is 13.1 Å². The molecular formula is C15H18F3NO5. The average molecular weight is 349 g/mol. The van der Waals surface area contributed by atoms with Crippen molar-refractivity contribution in [1.82, 2.24) is 4.90 Å². The van der Waals surface area contributed by atoms with Gasteiger partial charge in [-0.25, -0.2) is 0 Å². The second-order valence-electron chi connectivity index (χ2n) is 4.76. The first-order valence-corrected chi connectivity index (χ1v) is 7.14. The number of alkyl halides is 3. The van der Waals surface area contributed by atoms with E-state index in [1.165, 1.54) is 29.2 Å². The standard InChI is InChI=1S/C15H18F3NO5/c1-2-19(8-7-14(21)22)13(20)9-23-11-5-3-4-6-12(11)24-10-15(16,17)18/h3-6H,2,7-10H2,1H3,(H,21,22). The lowest BCUT2D eigenvalue weighted by Gasteiger charge is -2.20. The summed E-state index contributed by atoms with van der Waals surface area (Å²) in [6.45, 7) is 0.100. The number of hydrogen-bond acceptors (Lipinski definition) is 4. The summed E-state index contributed by atoms with van der Waals surface area (Å²) in [7, 11) is 0. The maximum atomic E-state index is 12.2. The van der Waals surface area contributed by atoms with Gasteiger partial charge in [0.15, 0.2) is 24.7 Å². The van der Waals surface area contributed by atoms with Crippen molar-refractivity contribution < 1.29 is 37.3 Å². The topological polar surface area (TPSA) is 76.1 Å². The van der Waals surface area contributed by atoms with Crippen LogP contribution in [0.25, 0.3) is 0 Å². The summed E-state index contributed by atoms with van der Waals surface area (Å²) in [5.74, 6) is -1.63. The molecule has 0 saturated carbocycles. The molecule has 0 aliphatic rings. The lowest BCUT2D eigenvalue weighted by molar-refractivity contribution is -0.153. The molecular weight excluding hydrogens is 331 g/mol. The van der Waals surface area contributed by atoms with Crippen LogP contribution in [0, 0.1) is 0 Å². The van der Waals surface area contributed by atoms with Gasteiger partial charge in [0.25, 0.3) is 5.91 Å². The smallest absolute Gasteiger partial charge is 0.422 e. The zero-order chi connectivity index (χ0) is 18.2. The van der Waals surface area contributed by atoms with Gasteiger partial charge in [0.2, 0.25) is 0 Å². The van der Waals surface area contributed by atoms with Crippen molar-refractivity contribution in [2.24, 2.45) is 0 Å². The van der Waals surface area contributed by atoms with Crippen molar-refractivity contribution in [3.63, 3.8) is 0 Å². The number of ether oxygens (including phenoxy) is 2. The molecule has 0 unspecified atom stereocenters. The Kier molecular flexibility index (Phi) is 7.34. The number of hydrogen-bond donors (Lipinski definition) is 1. The van der Waals surface area contributed by atoms with E-state index in [4.69, 9.17) is 9.84 Å². The Morgan fingerprint density at radius 2 is 1.75 bits per heavy atom. The van der Waals surface area contributed by atoms with E-state index in [2.05, 4.69) is 4.74 Å². The third-order valence-electron chi connectivity index (χ3n) is 2.92. The van der Waals surface area contributed by atoms with Crippen LogP contribution < -0.4 is 9.47 Å². The summed E-state index contributed by atoms with van der Waals surface area (Å²) >= 11 is 0. The van der Waals surface area contributed by atoms with E-state index in [1.54, 1.807) is 6.92 Å². The molecule has 9 heteroatoms. The molecule has 1 aromatic carbocycles. The number of carbonyl (C=O) groups is 2. The number of halogens is 3. The van der Waals surface area contributed by atoms with Gasteiger partial charge in [0.1, 0.15) is 0 Å². The Morgan fingerprint density at radius 1 is 1.17 bits per heavy atom. The van der Waals surface area contributed by atoms with Gasteiger partial charge in [-0.3, -0.25) is 9.59 Å². The molecule has 0 spiro atoms. The van der Waals surface area contributed by atoms with Gasteiger partial charge in [-0.15, -0.1) is 0 Å². The minimum Gasteiger partial charge on any atom is -0.481 e. The van der Waals surface area contributed by atoms with Crippen LogP contribution in [0.2, 0.25) is 0 Å². The van der Waals surface area contributed by atoms with E-state index in [9.17, 15) is 22.8 Å². The van der Waals surface area contributed by atoms with Crippen LogP contribution in [0.5, 0.6) is 11.5 Å². The van der Waals surface area contributed by atoms with E-state index >= 15 is 0 Å². The number of carbonyl (C=O) groups excluding carboxylic acids is 1. The van der Waals surface area contributed by atoms with Crippen molar-refractivity contribution in [1.29, 1.82) is 0 Å². The van der Waals surface area contributed by atoms with E-state index in [1.807, 2.05) is 0 Å². The number of benzene rings is 1. The molecule has 0 heterocycles. The summed E-state index contributed by atoms with van der Waals surface area (Å²) < 4.78 is 46.5. The summed E-state index contributed by atoms with van der Waals surface area (Å²) in [5, 5.41) is 8.63. The van der Waals surface area contributed by atoms with Crippen LogP contribution in [-0.2, 0) is 9.59 Å². The predicted octanol–water partition coefficient (Wildman–Crippen LogP) is 2.33. The van der Waals surface area contributed by atoms with Crippen LogP contribution in [-0.4, -0.2) is 54.4 Å². The van der Waals surface area contributed by atoms with Gasteiger partial charge < -0.3 is 19.5 Å². The number of para-hydroxylation sites is 2. The fourth-order valence-electron chi connectivity index (χ4n) is 1.77. The molecule has 1 amide bonds. The normalized spacial score (nSPS) is 11.0. The summed E-state index contributed by atoms with van der Waals surface area (Å²) in [5.41, 5.74) is 0. The van der Waals surface area contributed by atoms with Crippen molar-refractivity contribution >= 4 is 11.9 Å². The summed E-state index contributed by atoms with van der Waals surface area (Å²) in [6, 6.07) is 5.69. The van der Waals surface area contributed by atoms with Gasteiger partial charge >= 0.3 is 12.1 Å². The molecule has 0 atom stereocenters. The Balaban J connectivity index is 2.62. The highest BCUT2D eigenvalue weighted by Crippen LogP contribution is 2.28. The zero-order valence-electron chi connectivity index (χ0n) is 13.0. The fourth-order valence-corrected chi connectivity index (χ4v) is 1.77. The SMILES string of the molecule is CCN(CCC(=O)O)C(=O)COc1ccccc1OCC(F)(F)F. The van der Waals surface area contributed by atoms with Crippen molar-refractivity contribution in [3.8, 4) is 11.5 Å². The Hall–Kier alpha value is -2.45. The highest BCUT2D eigenvalue weighted by atomic mass is 19.4. The average Bonchev–Trinajstić information content (AvgIpc) is 2.51. The predicted molar refractivity (Wildman–Crippen MR) is 78.0 cm³/mol. The molecule has 1 rings (SSSR count). The summed E-state index contributed by atoms with van der Waals surface area (Å²) in [4.78, 5) is 23.8. The zero-order valence-corrected chi connectivity index (χ0v) is 13.0. The second kappa shape index (κ2) is 8.99. The highest BCUT2D eigenvalue weighted by Gasteiger charge is 2.29. The van der Waals surface area contributed by atoms with E-state index in [0.717, 1.165) is 0 Å². The first kappa shape index (κ1) is 19.6. The molecule has 0 aromatic heterocycles. The second-order valence-corrected chi connectivity index (χ2v) is 4.76. The molecule has 0 aliphatic carbocycles. The lowest BCUT2D eigenvalue weighted by Crippen LogP contribution is -2.36. The molecule has 0 bridgehead atoms. The number of rotatable bonds is 9. The van der Waals surface area contributed by atoms with Crippen molar-refractivity contribution in [3.05, 3.63) is 24.3 Å². The van der Waals surface area contributed by atoms with Crippen molar-refractivity contribution in [2.45, 2.75) is 19.5 Å². The largest absolute Gasteiger partial charge is 0.481 e. The minimum absolute atomic E-state index is 0.00406. The first-order valence-electron chi connectivity index (χ1n) is 7.14. The monoisotopic (exact) mass is 349 g/mol. The lowest BCUT2D eigenvalue weighted by atomic mass is 10.3. The van der Waals surface area contributed by atoms with Gasteiger partial charge in [-0.05, 0) is 19.1 Å². The van der Waals surface area contributed by atoms with Gasteiger partial charge in [-0.2, -0.15) is 13.2 Å². The van der Waals surface area contributed by atoms with Crippen LogP contribution in [0.4, 0.5) is 13.2 Å². The van der Waals surface area contributed by atoms with Crippen LogP contribution in [0.3, 0.4) is 0 Å². The third-order valence-corrected chi connectivity index (χ3v) is 2.92. The molecule has 0 radical (unpaired) electrons. The Labute approximate surface area is 136 Å². The van der Waals surface area contributed by atoms with Crippen LogP contribution >= 0.6 is 0 Å². The number of aliphatic carboxylic acids is 1. The number of carboxylic acid groups (broad SMARTS) is 1. The summed E-state index contributed by atoms with van der Waals surface area (Å²) in [6.07, 6.45) is -4.69. The third kappa shape index (κ3) is 7.21. The van der Waals surface area contributed by atoms with Crippen molar-refractivity contribution in [2.75, 3.05) is 26.3 Å². The number of nitrogens with zero attached hydrogens (tertiary/aromatic N) is 1. The van der Waals surface area contributed by atoms with E-state index in [-0.39, 0.29) is 24.5 Å². The van der Waals surface area contributed by atoms with Gasteiger partial charge in [0.05, 0.1) is 6.42 Å². The quantitative estimate of drug-likeness (QED) is 0.740. The van der Waals surface area contributed by atoms with Crippen LogP contribution in [0.1, 0.15) is 13.3 Å². The Bertz CT molecular complexity index is 562. The molecule has 134 valence electrons. The number of amides is 1. The van der Waals surface area contributed by atoms with E-state index in [0.29, 0.717) is 6.54 Å². The molecule has 1 N–H and O–H groups in total. The van der Waals surface area contributed by atoms with Gasteiger partial charge in [-0.1, -0.05) is 12.1 Å². The number of carboxylic acids is 1. The maximum Gasteiger partial charge on any atom is 0.422 e. The fraction of sp³-hybridized carbons (Fsp3) is 0.467. The molecule has 0 fully saturated rings. The minimum atomic E-state index is -4.49.